The van der Waals surface area contributed by atoms with Gasteiger partial charge < -0.3 is 10.1 Å². The maximum atomic E-state index is 13.3. The van der Waals surface area contributed by atoms with E-state index in [0.29, 0.717) is 23.6 Å². The molecule has 1 unspecified atom stereocenters. The van der Waals surface area contributed by atoms with Gasteiger partial charge in [-0.15, -0.1) is 11.3 Å². The number of thiophene rings is 1. The van der Waals surface area contributed by atoms with Crippen LogP contribution >= 0.6 is 11.3 Å². The van der Waals surface area contributed by atoms with Crippen LogP contribution in [0.25, 0.3) is 22.6 Å². The monoisotopic (exact) mass is 496 g/mol. The van der Waals surface area contributed by atoms with Gasteiger partial charge in [0, 0.05) is 16.0 Å². The molecule has 0 aliphatic heterocycles. The molecule has 0 saturated heterocycles. The number of carbonyl (C=O) groups is 2. The van der Waals surface area contributed by atoms with Gasteiger partial charge in [0.15, 0.2) is 6.61 Å². The molecule has 1 aliphatic rings. The highest BCUT2D eigenvalue weighted by Gasteiger charge is 2.28. The van der Waals surface area contributed by atoms with E-state index in [4.69, 9.17) is 9.72 Å². The topological polar surface area (TPSA) is 68.3 Å². The number of anilines is 1. The molecule has 5 rings (SSSR count). The molecule has 0 spiro atoms. The summed E-state index contributed by atoms with van der Waals surface area (Å²) in [5.74, 6) is -0.397. The highest BCUT2D eigenvalue weighted by molar-refractivity contribution is 7.10. The summed E-state index contributed by atoms with van der Waals surface area (Å²) in [6, 6.07) is 19.5. The molecule has 182 valence electrons. The van der Waals surface area contributed by atoms with Crippen LogP contribution in [0.3, 0.4) is 0 Å². The van der Waals surface area contributed by atoms with Crippen molar-refractivity contribution in [1.82, 2.24) is 4.98 Å². The maximum absolute atomic E-state index is 13.3. The second kappa shape index (κ2) is 10.5. The number of aromatic nitrogens is 1. The fraction of sp³-hybridized carbons (Fsp3) is 0.233. The molecule has 2 heterocycles. The zero-order valence-corrected chi connectivity index (χ0v) is 21.2. The number of nitrogens with one attached hydrogen (secondary N) is 1. The fourth-order valence-corrected chi connectivity index (χ4v) is 5.27. The standard InChI is InChI=1S/C30H28N2O3S/c1-3-19(2)20-10-13-22(14-11-20)31-27(33)18-35-30(34)28-24-8-4-5-9-26(24)32-29-21(12-15-25(28)29)17-23-7-6-16-36-23/h4-11,13-14,16-17,19H,3,12,15,18H2,1-2H3,(H,31,33)/b21-17+. The molecule has 1 amide bonds. The first-order valence-electron chi connectivity index (χ1n) is 12.3. The molecular weight excluding hydrogens is 468 g/mol. The Kier molecular flexibility index (Phi) is 6.96. The van der Waals surface area contributed by atoms with E-state index in [0.717, 1.165) is 45.5 Å². The van der Waals surface area contributed by atoms with Crippen molar-refractivity contribution in [2.45, 2.75) is 39.0 Å². The summed E-state index contributed by atoms with van der Waals surface area (Å²) in [6.45, 7) is 3.97. The minimum atomic E-state index is -0.496. The van der Waals surface area contributed by atoms with Gasteiger partial charge in [-0.25, -0.2) is 9.78 Å². The van der Waals surface area contributed by atoms with E-state index in [1.165, 1.54) is 5.56 Å². The number of para-hydroxylation sites is 1. The smallest absolute Gasteiger partial charge is 0.339 e. The highest BCUT2D eigenvalue weighted by Crippen LogP contribution is 2.38. The van der Waals surface area contributed by atoms with E-state index in [1.807, 2.05) is 60.0 Å². The quantitative estimate of drug-likeness (QED) is 0.277. The van der Waals surface area contributed by atoms with Crippen molar-refractivity contribution in [3.8, 4) is 0 Å². The lowest BCUT2D eigenvalue weighted by molar-refractivity contribution is -0.119. The first-order valence-corrected chi connectivity index (χ1v) is 13.1. The zero-order valence-electron chi connectivity index (χ0n) is 20.4. The third kappa shape index (κ3) is 4.95. The molecule has 1 aliphatic carbocycles. The zero-order chi connectivity index (χ0) is 25.1. The molecule has 0 fully saturated rings. The lowest BCUT2D eigenvalue weighted by Gasteiger charge is -2.13. The average Bonchev–Trinajstić information content (AvgIpc) is 3.56. The van der Waals surface area contributed by atoms with E-state index < -0.39 is 5.97 Å². The minimum absolute atomic E-state index is 0.352. The normalized spacial score (nSPS) is 14.6. The molecule has 6 heteroatoms. The van der Waals surface area contributed by atoms with Gasteiger partial charge >= 0.3 is 5.97 Å². The van der Waals surface area contributed by atoms with Crippen LogP contribution < -0.4 is 5.32 Å². The van der Waals surface area contributed by atoms with Gasteiger partial charge in [0.05, 0.1) is 16.8 Å². The predicted molar refractivity (Wildman–Crippen MR) is 146 cm³/mol. The molecular formula is C30H28N2O3S. The van der Waals surface area contributed by atoms with Gasteiger partial charge in [-0.05, 0) is 77.6 Å². The number of amides is 1. The maximum Gasteiger partial charge on any atom is 0.339 e. The third-order valence-corrected chi connectivity index (χ3v) is 7.54. The van der Waals surface area contributed by atoms with E-state index >= 15 is 0 Å². The molecule has 1 N–H and O–H groups in total. The van der Waals surface area contributed by atoms with E-state index in [2.05, 4.69) is 31.3 Å². The van der Waals surface area contributed by atoms with Gasteiger partial charge in [-0.2, -0.15) is 0 Å². The Morgan fingerprint density at radius 3 is 2.64 bits per heavy atom. The third-order valence-electron chi connectivity index (χ3n) is 6.72. The van der Waals surface area contributed by atoms with Crippen LogP contribution in [0.1, 0.15) is 64.7 Å². The van der Waals surface area contributed by atoms with Crippen molar-refractivity contribution in [2.24, 2.45) is 0 Å². The number of hydrogen-bond acceptors (Lipinski definition) is 5. The summed E-state index contributed by atoms with van der Waals surface area (Å²) in [6.07, 6.45) is 4.72. The first-order chi connectivity index (χ1) is 17.5. The fourth-order valence-electron chi connectivity index (χ4n) is 4.59. The lowest BCUT2D eigenvalue weighted by atomic mass is 9.99. The minimum Gasteiger partial charge on any atom is -0.452 e. The van der Waals surface area contributed by atoms with Crippen molar-refractivity contribution in [3.63, 3.8) is 0 Å². The van der Waals surface area contributed by atoms with Crippen LogP contribution in [0.15, 0.2) is 66.0 Å². The molecule has 0 radical (unpaired) electrons. The lowest BCUT2D eigenvalue weighted by Crippen LogP contribution is -2.21. The van der Waals surface area contributed by atoms with Crippen LogP contribution in [0, 0.1) is 0 Å². The molecule has 5 nitrogen and oxygen atoms in total. The predicted octanol–water partition coefficient (Wildman–Crippen LogP) is 7.09. The second-order valence-corrected chi connectivity index (χ2v) is 10.1. The number of rotatable bonds is 7. The summed E-state index contributed by atoms with van der Waals surface area (Å²) in [5.41, 5.74) is 6.02. The summed E-state index contributed by atoms with van der Waals surface area (Å²) in [7, 11) is 0. The Morgan fingerprint density at radius 1 is 1.08 bits per heavy atom. The number of hydrogen-bond donors (Lipinski definition) is 1. The number of benzene rings is 2. The number of nitrogens with zero attached hydrogens (tertiary/aromatic N) is 1. The van der Waals surface area contributed by atoms with Crippen LogP contribution in [0.4, 0.5) is 5.69 Å². The Bertz CT molecular complexity index is 1440. The van der Waals surface area contributed by atoms with Crippen LogP contribution in [-0.4, -0.2) is 23.5 Å². The average molecular weight is 497 g/mol. The summed E-state index contributed by atoms with van der Waals surface area (Å²) < 4.78 is 5.52. The number of ether oxygens (including phenoxy) is 1. The summed E-state index contributed by atoms with van der Waals surface area (Å²) in [5, 5.41) is 5.61. The van der Waals surface area contributed by atoms with Gasteiger partial charge in [0.1, 0.15) is 0 Å². The molecule has 2 aromatic heterocycles. The van der Waals surface area contributed by atoms with Gasteiger partial charge in [-0.3, -0.25) is 4.79 Å². The Morgan fingerprint density at radius 2 is 1.89 bits per heavy atom. The van der Waals surface area contributed by atoms with Gasteiger partial charge in [0.25, 0.3) is 5.91 Å². The largest absolute Gasteiger partial charge is 0.452 e. The highest BCUT2D eigenvalue weighted by atomic mass is 32.1. The SMILES string of the molecule is CCC(C)c1ccc(NC(=O)COC(=O)c2c3c(nc4ccccc24)/C(=C/c2cccs2)CC3)cc1. The Hall–Kier alpha value is -3.77. The van der Waals surface area contributed by atoms with Crippen LogP contribution in [0.2, 0.25) is 0 Å². The Labute approximate surface area is 214 Å². The molecule has 0 bridgehead atoms. The number of carbonyl (C=O) groups excluding carboxylic acids is 2. The Balaban J connectivity index is 1.35. The molecule has 36 heavy (non-hydrogen) atoms. The van der Waals surface area contributed by atoms with E-state index in [9.17, 15) is 9.59 Å². The van der Waals surface area contributed by atoms with Crippen molar-refractivity contribution < 1.29 is 14.3 Å². The van der Waals surface area contributed by atoms with Crippen LogP contribution in [-0.2, 0) is 16.0 Å². The van der Waals surface area contributed by atoms with Crippen molar-refractivity contribution in [1.29, 1.82) is 0 Å². The molecule has 4 aromatic rings. The van der Waals surface area contributed by atoms with Crippen LogP contribution in [0.5, 0.6) is 0 Å². The van der Waals surface area contributed by atoms with Gasteiger partial charge in [-0.1, -0.05) is 50.2 Å². The molecule has 0 saturated carbocycles. The number of fused-ring (bicyclic) bond motifs is 2. The first kappa shape index (κ1) is 23.9. The second-order valence-electron chi connectivity index (χ2n) is 9.07. The number of allylic oxidation sites excluding steroid dienone is 1. The van der Waals surface area contributed by atoms with Gasteiger partial charge in [0.2, 0.25) is 0 Å². The molecule has 2 aromatic carbocycles. The van der Waals surface area contributed by atoms with Crippen molar-refractivity contribution >= 4 is 51.5 Å². The molecule has 1 atom stereocenters. The van der Waals surface area contributed by atoms with E-state index in [-0.39, 0.29) is 12.5 Å². The summed E-state index contributed by atoms with van der Waals surface area (Å²) in [4.78, 5) is 31.9. The number of esters is 1. The van der Waals surface area contributed by atoms with Crippen molar-refractivity contribution in [2.75, 3.05) is 11.9 Å². The summed E-state index contributed by atoms with van der Waals surface area (Å²) >= 11 is 1.67. The number of pyridine rings is 1. The van der Waals surface area contributed by atoms with E-state index in [1.54, 1.807) is 11.3 Å². The van der Waals surface area contributed by atoms with Crippen molar-refractivity contribution in [3.05, 3.63) is 93.3 Å².